The van der Waals surface area contributed by atoms with Crippen LogP contribution in [0.4, 0.5) is 0 Å². The molecule has 1 aliphatic carbocycles. The van der Waals surface area contributed by atoms with Crippen LogP contribution in [0.3, 0.4) is 0 Å². The zero-order valence-electron chi connectivity index (χ0n) is 15.7. The third kappa shape index (κ3) is 4.45. The Hall–Kier alpha value is -2.89. The normalized spacial score (nSPS) is 22.5. The topological polar surface area (TPSA) is 73.2 Å². The van der Waals surface area contributed by atoms with E-state index in [0.29, 0.717) is 18.8 Å². The van der Waals surface area contributed by atoms with Gasteiger partial charge in [0, 0.05) is 24.2 Å². The van der Waals surface area contributed by atoms with E-state index in [4.69, 9.17) is 4.74 Å². The lowest BCUT2D eigenvalue weighted by atomic mass is 9.77. The molecular formula is C21H25N3O3. The van der Waals surface area contributed by atoms with E-state index in [1.165, 1.54) is 13.2 Å². The minimum Gasteiger partial charge on any atom is -0.467 e. The van der Waals surface area contributed by atoms with E-state index in [1.54, 1.807) is 18.6 Å². The highest BCUT2D eigenvalue weighted by Gasteiger charge is 2.43. The maximum Gasteiger partial charge on any atom is 0.331 e. The van der Waals surface area contributed by atoms with Gasteiger partial charge in [-0.25, -0.2) is 9.78 Å². The molecule has 1 aromatic carbocycles. The van der Waals surface area contributed by atoms with Crippen molar-refractivity contribution >= 4 is 18.0 Å². The van der Waals surface area contributed by atoms with Crippen molar-refractivity contribution in [3.8, 4) is 5.69 Å². The van der Waals surface area contributed by atoms with E-state index in [0.717, 1.165) is 24.1 Å². The van der Waals surface area contributed by atoms with E-state index in [-0.39, 0.29) is 11.9 Å². The first kappa shape index (κ1) is 18.9. The quantitative estimate of drug-likeness (QED) is 0.651. The Morgan fingerprint density at radius 3 is 2.56 bits per heavy atom. The second kappa shape index (κ2) is 8.20. The predicted molar refractivity (Wildman–Crippen MR) is 103 cm³/mol. The number of nitrogens with one attached hydrogen (secondary N) is 1. The van der Waals surface area contributed by atoms with Crippen LogP contribution in [0.1, 0.15) is 38.2 Å². The number of rotatable bonds is 5. The van der Waals surface area contributed by atoms with E-state index < -0.39 is 5.54 Å². The number of hydrogen-bond acceptors (Lipinski definition) is 4. The maximum absolute atomic E-state index is 12.4. The summed E-state index contributed by atoms with van der Waals surface area (Å²) < 4.78 is 6.86. The summed E-state index contributed by atoms with van der Waals surface area (Å²) in [5.74, 6) is -0.0845. The molecule has 0 aliphatic heterocycles. The number of amides is 1. The summed E-state index contributed by atoms with van der Waals surface area (Å²) in [5, 5.41) is 2.89. The van der Waals surface area contributed by atoms with Crippen LogP contribution < -0.4 is 5.32 Å². The average molecular weight is 367 g/mol. The second-order valence-corrected chi connectivity index (χ2v) is 7.14. The number of carbonyl (C=O) groups excluding carboxylic acids is 2. The maximum atomic E-state index is 12.4. The lowest BCUT2D eigenvalue weighted by Crippen LogP contribution is -2.56. The van der Waals surface area contributed by atoms with Crippen LogP contribution in [0.5, 0.6) is 0 Å². The largest absolute Gasteiger partial charge is 0.467 e. The summed E-state index contributed by atoms with van der Waals surface area (Å²) >= 11 is 0. The molecule has 2 aromatic rings. The van der Waals surface area contributed by atoms with Crippen molar-refractivity contribution in [2.45, 2.75) is 38.1 Å². The summed E-state index contributed by atoms with van der Waals surface area (Å²) in [7, 11) is 1.37. The van der Waals surface area contributed by atoms with Crippen molar-refractivity contribution in [3.63, 3.8) is 0 Å². The predicted octanol–water partition coefficient (Wildman–Crippen LogP) is 3.12. The van der Waals surface area contributed by atoms with Gasteiger partial charge >= 0.3 is 5.97 Å². The Kier molecular flexibility index (Phi) is 5.74. The molecule has 1 heterocycles. The molecule has 1 amide bonds. The first-order chi connectivity index (χ1) is 13.0. The minimum absolute atomic E-state index is 0.284. The zero-order valence-corrected chi connectivity index (χ0v) is 15.7. The van der Waals surface area contributed by atoms with Gasteiger partial charge in [-0.1, -0.05) is 19.1 Å². The minimum atomic E-state index is -0.909. The smallest absolute Gasteiger partial charge is 0.331 e. The van der Waals surface area contributed by atoms with Crippen LogP contribution in [0.15, 0.2) is 49.1 Å². The van der Waals surface area contributed by atoms with Crippen molar-refractivity contribution < 1.29 is 14.3 Å². The third-order valence-corrected chi connectivity index (χ3v) is 5.19. The Bertz CT molecular complexity index is 802. The average Bonchev–Trinajstić information content (AvgIpc) is 3.23. The third-order valence-electron chi connectivity index (χ3n) is 5.19. The molecule has 6 nitrogen and oxygen atoms in total. The first-order valence-corrected chi connectivity index (χ1v) is 9.19. The molecule has 0 radical (unpaired) electrons. The van der Waals surface area contributed by atoms with Crippen molar-refractivity contribution in [2.75, 3.05) is 7.11 Å². The van der Waals surface area contributed by atoms with Crippen molar-refractivity contribution in [1.82, 2.24) is 14.9 Å². The number of ether oxygens (including phenoxy) is 1. The van der Waals surface area contributed by atoms with Crippen LogP contribution in [-0.4, -0.2) is 34.1 Å². The molecule has 6 heteroatoms. The Balaban J connectivity index is 1.66. The zero-order chi connectivity index (χ0) is 19.3. The molecule has 0 spiro atoms. The SMILES string of the molecule is COC(=O)C1(NC(=O)C=Cc2ccc(-n3ccnc3)cc2)CCC(C)CC1. The highest BCUT2D eigenvalue weighted by molar-refractivity contribution is 5.96. The van der Waals surface area contributed by atoms with Crippen LogP contribution in [-0.2, 0) is 14.3 Å². The number of aromatic nitrogens is 2. The molecule has 1 saturated carbocycles. The van der Waals surface area contributed by atoms with Gasteiger partial charge in [-0.05, 0) is 55.4 Å². The Morgan fingerprint density at radius 2 is 1.96 bits per heavy atom. The number of nitrogens with zero attached hydrogens (tertiary/aromatic N) is 2. The summed E-state index contributed by atoms with van der Waals surface area (Å²) in [6, 6.07) is 7.77. The van der Waals surface area contributed by atoms with E-state index >= 15 is 0 Å². The fourth-order valence-corrected chi connectivity index (χ4v) is 3.45. The van der Waals surface area contributed by atoms with Gasteiger partial charge < -0.3 is 14.6 Å². The van der Waals surface area contributed by atoms with Crippen molar-refractivity contribution in [1.29, 1.82) is 0 Å². The van der Waals surface area contributed by atoms with Crippen LogP contribution in [0.25, 0.3) is 11.8 Å². The van der Waals surface area contributed by atoms with Crippen LogP contribution in [0.2, 0.25) is 0 Å². The highest BCUT2D eigenvalue weighted by Crippen LogP contribution is 2.32. The van der Waals surface area contributed by atoms with E-state index in [9.17, 15) is 9.59 Å². The van der Waals surface area contributed by atoms with Gasteiger partial charge in [0.2, 0.25) is 5.91 Å². The molecule has 27 heavy (non-hydrogen) atoms. The van der Waals surface area contributed by atoms with Crippen molar-refractivity contribution in [3.05, 3.63) is 54.6 Å². The molecule has 1 aliphatic rings. The summed E-state index contributed by atoms with van der Waals surface area (Å²) in [4.78, 5) is 28.7. The van der Waals surface area contributed by atoms with Crippen molar-refractivity contribution in [2.24, 2.45) is 5.92 Å². The number of benzene rings is 1. The number of imidazole rings is 1. The number of carbonyl (C=O) groups is 2. The van der Waals surface area contributed by atoms with Crippen LogP contribution >= 0.6 is 0 Å². The molecule has 1 N–H and O–H groups in total. The van der Waals surface area contributed by atoms with Gasteiger partial charge in [-0.15, -0.1) is 0 Å². The van der Waals surface area contributed by atoms with Gasteiger partial charge in [0.1, 0.15) is 5.54 Å². The Morgan fingerprint density at radius 1 is 1.26 bits per heavy atom. The van der Waals surface area contributed by atoms with E-state index in [2.05, 4.69) is 17.2 Å². The number of methoxy groups -OCH3 is 1. The fourth-order valence-electron chi connectivity index (χ4n) is 3.45. The number of esters is 1. The van der Waals surface area contributed by atoms with Gasteiger partial charge in [0.05, 0.1) is 13.4 Å². The lowest BCUT2D eigenvalue weighted by Gasteiger charge is -2.37. The molecule has 3 rings (SSSR count). The summed E-state index contributed by atoms with van der Waals surface area (Å²) in [5.41, 5.74) is 0.988. The molecule has 0 saturated heterocycles. The van der Waals surface area contributed by atoms with Gasteiger partial charge in [-0.2, -0.15) is 0 Å². The molecular weight excluding hydrogens is 342 g/mol. The molecule has 0 bridgehead atoms. The summed E-state index contributed by atoms with van der Waals surface area (Å²) in [6.45, 7) is 2.16. The van der Waals surface area contributed by atoms with Gasteiger partial charge in [0.15, 0.2) is 0 Å². The molecule has 0 unspecified atom stereocenters. The lowest BCUT2D eigenvalue weighted by molar-refractivity contribution is -0.152. The monoisotopic (exact) mass is 367 g/mol. The van der Waals surface area contributed by atoms with Gasteiger partial charge in [0.25, 0.3) is 0 Å². The highest BCUT2D eigenvalue weighted by atomic mass is 16.5. The summed E-state index contributed by atoms with van der Waals surface area (Å²) in [6.07, 6.45) is 11.6. The standard InChI is InChI=1S/C21H25N3O3/c1-16-9-11-21(12-10-16,20(26)27-2)23-19(25)8-5-17-3-6-18(7-4-17)24-14-13-22-15-24/h3-8,13-16H,9-12H2,1-2H3,(H,23,25). The number of hydrogen-bond donors (Lipinski definition) is 1. The van der Waals surface area contributed by atoms with Gasteiger partial charge in [-0.3, -0.25) is 4.79 Å². The fraction of sp³-hybridized carbons (Fsp3) is 0.381. The molecule has 1 fully saturated rings. The Labute approximate surface area is 159 Å². The first-order valence-electron chi connectivity index (χ1n) is 9.19. The molecule has 142 valence electrons. The van der Waals surface area contributed by atoms with E-state index in [1.807, 2.05) is 35.0 Å². The molecule has 0 atom stereocenters. The second-order valence-electron chi connectivity index (χ2n) is 7.14. The molecule has 1 aromatic heterocycles. The van der Waals surface area contributed by atoms with Crippen LogP contribution in [0, 0.1) is 5.92 Å².